The highest BCUT2D eigenvalue weighted by molar-refractivity contribution is 6.10. The molecule has 2 fully saturated rings. The van der Waals surface area contributed by atoms with Crippen LogP contribution in [0.1, 0.15) is 78.6 Å². The molecule has 4 heterocycles. The number of amides is 1. The van der Waals surface area contributed by atoms with E-state index in [2.05, 4.69) is 34.1 Å². The lowest BCUT2D eigenvalue weighted by Gasteiger charge is -2.31. The monoisotopic (exact) mass is 434 g/mol. The number of nitrogens with zero attached hydrogens (tertiary/aromatic N) is 5. The molecule has 0 unspecified atom stereocenters. The zero-order chi connectivity index (χ0) is 22.5. The van der Waals surface area contributed by atoms with Crippen LogP contribution in [0.2, 0.25) is 0 Å². The van der Waals surface area contributed by atoms with Gasteiger partial charge in [-0.15, -0.1) is 0 Å². The van der Waals surface area contributed by atoms with Crippen LogP contribution in [0.15, 0.2) is 16.9 Å². The maximum Gasteiger partial charge on any atom is 0.258 e. The topological polar surface area (TPSA) is 97.0 Å². The molecule has 3 aromatic heterocycles. The highest BCUT2D eigenvalue weighted by Crippen LogP contribution is 2.40. The second-order valence-electron chi connectivity index (χ2n) is 9.38. The predicted molar refractivity (Wildman–Crippen MR) is 122 cm³/mol. The van der Waals surface area contributed by atoms with E-state index in [9.17, 15) is 4.79 Å². The first-order valence-corrected chi connectivity index (χ1v) is 11.5. The molecule has 32 heavy (non-hydrogen) atoms. The molecule has 3 aromatic rings. The molecule has 0 bridgehead atoms. The number of carbonyl (C=O) groups is 1. The van der Waals surface area contributed by atoms with E-state index in [0.29, 0.717) is 41.3 Å². The van der Waals surface area contributed by atoms with Crippen LogP contribution in [0.4, 0.5) is 5.82 Å². The summed E-state index contributed by atoms with van der Waals surface area (Å²) in [7, 11) is 0. The van der Waals surface area contributed by atoms with Crippen LogP contribution < -0.4 is 5.32 Å². The van der Waals surface area contributed by atoms with Crippen LogP contribution in [0.25, 0.3) is 11.1 Å². The average molecular weight is 435 g/mol. The number of aromatic nitrogens is 4. The van der Waals surface area contributed by atoms with Crippen molar-refractivity contribution in [1.82, 2.24) is 24.8 Å². The number of fused-ring (bicyclic) bond motifs is 1. The minimum Gasteiger partial charge on any atom is -0.442 e. The molecular weight excluding hydrogens is 404 g/mol. The minimum atomic E-state index is -0.0167. The molecule has 0 aromatic carbocycles. The van der Waals surface area contributed by atoms with Crippen molar-refractivity contribution >= 4 is 22.8 Å². The highest BCUT2D eigenvalue weighted by Gasteiger charge is 2.39. The van der Waals surface area contributed by atoms with E-state index in [-0.39, 0.29) is 17.4 Å². The number of aryl methyl sites for hydroxylation is 3. The molecule has 0 spiro atoms. The Kier molecular flexibility index (Phi) is 5.10. The maximum atomic E-state index is 13.6. The summed E-state index contributed by atoms with van der Waals surface area (Å²) in [6.07, 6.45) is 8.27. The van der Waals surface area contributed by atoms with E-state index in [4.69, 9.17) is 9.40 Å². The number of furan rings is 1. The molecule has 0 radical (unpaired) electrons. The van der Waals surface area contributed by atoms with E-state index >= 15 is 0 Å². The Balaban J connectivity index is 1.36. The maximum absolute atomic E-state index is 13.6. The zero-order valence-electron chi connectivity index (χ0n) is 19.2. The van der Waals surface area contributed by atoms with Gasteiger partial charge in [0.15, 0.2) is 0 Å². The molecule has 1 saturated heterocycles. The summed E-state index contributed by atoms with van der Waals surface area (Å²) in [6, 6.07) is 0. The van der Waals surface area contributed by atoms with Crippen molar-refractivity contribution < 1.29 is 9.21 Å². The first-order valence-electron chi connectivity index (χ1n) is 11.5. The third-order valence-electron chi connectivity index (χ3n) is 6.93. The number of hydrogen-bond donors (Lipinski definition) is 1. The van der Waals surface area contributed by atoms with Crippen LogP contribution in [0, 0.1) is 13.8 Å². The number of carbonyl (C=O) groups excluding carboxylic acids is 1. The van der Waals surface area contributed by atoms with Gasteiger partial charge in [0, 0.05) is 36.4 Å². The van der Waals surface area contributed by atoms with Crippen molar-refractivity contribution in [3.63, 3.8) is 0 Å². The predicted octanol–water partition coefficient (Wildman–Crippen LogP) is 4.18. The quantitative estimate of drug-likeness (QED) is 0.643. The lowest BCUT2D eigenvalue weighted by molar-refractivity contribution is 0.0711. The Labute approximate surface area is 187 Å². The Morgan fingerprint density at radius 3 is 2.62 bits per heavy atom. The second-order valence-corrected chi connectivity index (χ2v) is 9.38. The molecule has 1 N–H and O–H groups in total. The van der Waals surface area contributed by atoms with Gasteiger partial charge in [-0.3, -0.25) is 4.79 Å². The van der Waals surface area contributed by atoms with Gasteiger partial charge in [-0.1, -0.05) is 6.92 Å². The molecule has 5 rings (SSSR count). The van der Waals surface area contributed by atoms with E-state index in [1.807, 2.05) is 24.9 Å². The molecule has 8 heteroatoms. The number of anilines is 1. The third-order valence-corrected chi connectivity index (χ3v) is 6.93. The van der Waals surface area contributed by atoms with E-state index in [0.717, 1.165) is 43.6 Å². The first-order chi connectivity index (χ1) is 15.4. The molecule has 168 valence electrons. The van der Waals surface area contributed by atoms with Crippen molar-refractivity contribution in [2.75, 3.05) is 18.4 Å². The average Bonchev–Trinajstić information content (AvgIpc) is 3.41. The SMILES string of the molecule is CCc1cnc(C2CCN(C(=O)c3c(C)oc4ncnc(NC5(C)CC5)c34)CC2)nc1C. The fraction of sp³-hybridized carbons (Fsp3) is 0.542. The van der Waals surface area contributed by atoms with Crippen LogP contribution in [-0.2, 0) is 6.42 Å². The van der Waals surface area contributed by atoms with Crippen molar-refractivity contribution in [3.05, 3.63) is 40.9 Å². The van der Waals surface area contributed by atoms with Gasteiger partial charge in [-0.2, -0.15) is 0 Å². The van der Waals surface area contributed by atoms with Gasteiger partial charge >= 0.3 is 0 Å². The van der Waals surface area contributed by atoms with Crippen LogP contribution in [0.5, 0.6) is 0 Å². The third kappa shape index (κ3) is 3.72. The van der Waals surface area contributed by atoms with Crippen molar-refractivity contribution in [2.45, 2.75) is 71.3 Å². The van der Waals surface area contributed by atoms with Gasteiger partial charge in [0.1, 0.15) is 23.7 Å². The summed E-state index contributed by atoms with van der Waals surface area (Å²) >= 11 is 0. The molecule has 1 amide bonds. The molecular formula is C24H30N6O2. The van der Waals surface area contributed by atoms with Crippen LogP contribution in [-0.4, -0.2) is 49.4 Å². The van der Waals surface area contributed by atoms with E-state index < -0.39 is 0 Å². The summed E-state index contributed by atoms with van der Waals surface area (Å²) in [6.45, 7) is 9.50. The van der Waals surface area contributed by atoms with Gasteiger partial charge < -0.3 is 14.6 Å². The Morgan fingerprint density at radius 2 is 1.97 bits per heavy atom. The summed E-state index contributed by atoms with van der Waals surface area (Å²) in [4.78, 5) is 33.5. The van der Waals surface area contributed by atoms with Gasteiger partial charge in [-0.25, -0.2) is 19.9 Å². The largest absolute Gasteiger partial charge is 0.442 e. The summed E-state index contributed by atoms with van der Waals surface area (Å²) in [5.74, 6) is 2.43. The van der Waals surface area contributed by atoms with Crippen molar-refractivity contribution in [3.8, 4) is 0 Å². The van der Waals surface area contributed by atoms with Crippen molar-refractivity contribution in [2.24, 2.45) is 0 Å². The number of piperidine rings is 1. The van der Waals surface area contributed by atoms with Crippen molar-refractivity contribution in [1.29, 1.82) is 0 Å². The Morgan fingerprint density at radius 1 is 1.22 bits per heavy atom. The zero-order valence-corrected chi connectivity index (χ0v) is 19.2. The summed E-state index contributed by atoms with van der Waals surface area (Å²) < 4.78 is 5.85. The number of hydrogen-bond acceptors (Lipinski definition) is 7. The summed E-state index contributed by atoms with van der Waals surface area (Å²) in [5.41, 5.74) is 3.32. The molecule has 1 saturated carbocycles. The molecule has 2 aliphatic rings. The van der Waals surface area contributed by atoms with Crippen LogP contribution >= 0.6 is 0 Å². The minimum absolute atomic E-state index is 0.0167. The van der Waals surface area contributed by atoms with Gasteiger partial charge in [0.25, 0.3) is 5.91 Å². The smallest absolute Gasteiger partial charge is 0.258 e. The lowest BCUT2D eigenvalue weighted by atomic mass is 9.95. The first kappa shape index (κ1) is 20.8. The van der Waals surface area contributed by atoms with Crippen LogP contribution in [0.3, 0.4) is 0 Å². The highest BCUT2D eigenvalue weighted by atomic mass is 16.3. The Hall–Kier alpha value is -3.03. The molecule has 0 atom stereocenters. The van der Waals surface area contributed by atoms with Gasteiger partial charge in [0.05, 0.1) is 10.9 Å². The normalized spacial score (nSPS) is 18.2. The molecule has 1 aliphatic heterocycles. The summed E-state index contributed by atoms with van der Waals surface area (Å²) in [5, 5.41) is 4.19. The Bertz CT molecular complexity index is 1170. The van der Waals surface area contributed by atoms with E-state index in [1.165, 1.54) is 11.9 Å². The number of likely N-dealkylation sites (tertiary alicyclic amines) is 1. The number of nitrogens with one attached hydrogen (secondary N) is 1. The standard InChI is InChI=1S/C24H30N6O2/c1-5-16-12-25-20(28-14(16)2)17-6-10-30(11-7-17)23(31)18-15(3)32-22-19(18)21(26-13-27-22)29-24(4)8-9-24/h12-13,17H,5-11H2,1-4H3,(H,26,27,29). The lowest BCUT2D eigenvalue weighted by Crippen LogP contribution is -2.38. The molecule has 1 aliphatic carbocycles. The second kappa shape index (κ2) is 7.83. The number of rotatable bonds is 5. The fourth-order valence-corrected chi connectivity index (χ4v) is 4.55. The molecule has 8 nitrogen and oxygen atoms in total. The van der Waals surface area contributed by atoms with Gasteiger partial charge in [0.2, 0.25) is 5.71 Å². The van der Waals surface area contributed by atoms with Gasteiger partial charge in [-0.05, 0) is 58.4 Å². The van der Waals surface area contributed by atoms with E-state index in [1.54, 1.807) is 0 Å². The fourth-order valence-electron chi connectivity index (χ4n) is 4.55.